The zero-order chi connectivity index (χ0) is 28.5. The number of aromatic nitrogens is 2. The molecule has 2 heterocycles. The van der Waals surface area contributed by atoms with E-state index in [1.807, 2.05) is 104 Å². The molecule has 2 N–H and O–H groups in total. The summed E-state index contributed by atoms with van der Waals surface area (Å²) in [6.45, 7) is 2.00. The van der Waals surface area contributed by atoms with Gasteiger partial charge >= 0.3 is 0 Å². The molecule has 0 saturated carbocycles. The van der Waals surface area contributed by atoms with Crippen LogP contribution in [0.4, 0.5) is 22.9 Å². The minimum absolute atomic E-state index is 0.249. The number of azo groups is 1. The molecule has 8 nitrogen and oxygen atoms in total. The number of nitrogens with two attached hydrogens (primary N) is 1. The SMILES string of the molecule is Cc1ccc(N=Nc2c(C3N=C(c4ccccc4)c4cc(Cl)ccc4N(C)C3=O)nn(-c3ccccc3)c2N)cc1. The number of nitrogens with zero attached hydrogens (tertiary/aromatic N) is 6. The maximum atomic E-state index is 14.1. The summed E-state index contributed by atoms with van der Waals surface area (Å²) in [5, 5.41) is 14.3. The van der Waals surface area contributed by atoms with Crippen LogP contribution >= 0.6 is 11.6 Å². The maximum Gasteiger partial charge on any atom is 0.257 e. The van der Waals surface area contributed by atoms with Gasteiger partial charge < -0.3 is 10.6 Å². The van der Waals surface area contributed by atoms with Crippen LogP contribution in [0.3, 0.4) is 0 Å². The van der Waals surface area contributed by atoms with E-state index in [0.29, 0.717) is 27.8 Å². The van der Waals surface area contributed by atoms with Crippen molar-refractivity contribution in [1.82, 2.24) is 9.78 Å². The van der Waals surface area contributed by atoms with Crippen LogP contribution in [0.25, 0.3) is 5.69 Å². The number of anilines is 2. The number of halogens is 1. The summed E-state index contributed by atoms with van der Waals surface area (Å²) < 4.78 is 1.57. The number of carbonyl (C=O) groups is 1. The van der Waals surface area contributed by atoms with Gasteiger partial charge in [-0.3, -0.25) is 9.79 Å². The minimum atomic E-state index is -1.05. The lowest BCUT2D eigenvalue weighted by atomic mass is 10.0. The van der Waals surface area contributed by atoms with Crippen molar-refractivity contribution in [3.8, 4) is 5.69 Å². The molecule has 1 aromatic heterocycles. The molecule has 5 aromatic rings. The molecule has 4 aromatic carbocycles. The molecule has 202 valence electrons. The monoisotopic (exact) mass is 559 g/mol. The Kier molecular flexibility index (Phi) is 6.91. The fourth-order valence-corrected chi connectivity index (χ4v) is 4.94. The highest BCUT2D eigenvalue weighted by Crippen LogP contribution is 2.40. The van der Waals surface area contributed by atoms with Gasteiger partial charge in [0.05, 0.1) is 22.8 Å². The zero-order valence-corrected chi connectivity index (χ0v) is 23.2. The maximum absolute atomic E-state index is 14.1. The van der Waals surface area contributed by atoms with Crippen molar-refractivity contribution in [2.45, 2.75) is 13.0 Å². The Bertz CT molecular complexity index is 1800. The summed E-state index contributed by atoms with van der Waals surface area (Å²) in [4.78, 5) is 20.7. The lowest BCUT2D eigenvalue weighted by Gasteiger charge is -2.20. The molecular formula is C32H26ClN7O. The van der Waals surface area contributed by atoms with E-state index in [9.17, 15) is 4.79 Å². The molecule has 6 rings (SSSR count). The van der Waals surface area contributed by atoms with Gasteiger partial charge in [0.15, 0.2) is 17.5 Å². The number of benzodiazepines with no additional fused rings is 1. The Morgan fingerprint density at radius 3 is 2.27 bits per heavy atom. The Labute approximate surface area is 242 Å². The van der Waals surface area contributed by atoms with Gasteiger partial charge in [-0.05, 0) is 49.4 Å². The van der Waals surface area contributed by atoms with Crippen LogP contribution in [0, 0.1) is 6.92 Å². The number of carbonyl (C=O) groups excluding carboxylic acids is 1. The average Bonchev–Trinajstić information content (AvgIpc) is 3.28. The van der Waals surface area contributed by atoms with Crippen molar-refractivity contribution in [1.29, 1.82) is 0 Å². The fourth-order valence-electron chi connectivity index (χ4n) is 4.76. The Hall–Kier alpha value is -5.08. The largest absolute Gasteiger partial charge is 0.382 e. The Balaban J connectivity index is 1.58. The zero-order valence-electron chi connectivity index (χ0n) is 22.4. The molecule has 1 atom stereocenters. The fraction of sp³-hybridized carbons (Fsp3) is 0.0938. The third-order valence-electron chi connectivity index (χ3n) is 6.93. The summed E-state index contributed by atoms with van der Waals surface area (Å²) >= 11 is 6.43. The van der Waals surface area contributed by atoms with Crippen molar-refractivity contribution in [2.75, 3.05) is 17.7 Å². The Morgan fingerprint density at radius 1 is 0.878 bits per heavy atom. The van der Waals surface area contributed by atoms with Gasteiger partial charge in [-0.25, -0.2) is 4.68 Å². The van der Waals surface area contributed by atoms with Gasteiger partial charge in [-0.1, -0.05) is 77.8 Å². The number of amides is 1. The third-order valence-corrected chi connectivity index (χ3v) is 7.16. The van der Waals surface area contributed by atoms with Crippen molar-refractivity contribution in [3.05, 3.63) is 131 Å². The number of benzene rings is 4. The molecule has 0 fully saturated rings. The number of fused-ring (bicyclic) bond motifs is 1. The summed E-state index contributed by atoms with van der Waals surface area (Å²) in [5.74, 6) is -0.0391. The molecule has 9 heteroatoms. The third kappa shape index (κ3) is 5.01. The average molecular weight is 560 g/mol. The van der Waals surface area contributed by atoms with E-state index < -0.39 is 6.04 Å². The van der Waals surface area contributed by atoms with Gasteiger partial charge in [0.1, 0.15) is 5.69 Å². The van der Waals surface area contributed by atoms with E-state index >= 15 is 0 Å². The van der Waals surface area contributed by atoms with Crippen LogP contribution in [0.5, 0.6) is 0 Å². The number of rotatable bonds is 5. The van der Waals surface area contributed by atoms with E-state index in [-0.39, 0.29) is 17.4 Å². The summed E-state index contributed by atoms with van der Waals surface area (Å²) in [7, 11) is 1.72. The highest BCUT2D eigenvalue weighted by Gasteiger charge is 2.36. The number of nitrogen functional groups attached to an aromatic ring is 1. The van der Waals surface area contributed by atoms with Crippen LogP contribution < -0.4 is 10.6 Å². The van der Waals surface area contributed by atoms with Gasteiger partial charge in [-0.15, -0.1) is 5.11 Å². The van der Waals surface area contributed by atoms with Crippen molar-refractivity contribution in [3.63, 3.8) is 0 Å². The lowest BCUT2D eigenvalue weighted by molar-refractivity contribution is -0.119. The van der Waals surface area contributed by atoms with E-state index in [4.69, 9.17) is 27.4 Å². The predicted octanol–water partition coefficient (Wildman–Crippen LogP) is 7.39. The molecular weight excluding hydrogens is 534 g/mol. The molecule has 0 saturated heterocycles. The highest BCUT2D eigenvalue weighted by molar-refractivity contribution is 6.32. The molecule has 41 heavy (non-hydrogen) atoms. The smallest absolute Gasteiger partial charge is 0.257 e. The lowest BCUT2D eigenvalue weighted by Crippen LogP contribution is -2.30. The first kappa shape index (κ1) is 26.2. The van der Waals surface area contributed by atoms with Crippen LogP contribution in [-0.4, -0.2) is 28.4 Å². The number of hydrogen-bond acceptors (Lipinski definition) is 6. The van der Waals surface area contributed by atoms with Gasteiger partial charge in [-0.2, -0.15) is 10.2 Å². The van der Waals surface area contributed by atoms with E-state index in [0.717, 1.165) is 22.4 Å². The second-order valence-electron chi connectivity index (χ2n) is 9.71. The molecule has 0 aliphatic carbocycles. The van der Waals surface area contributed by atoms with Gasteiger partial charge in [0.25, 0.3) is 5.91 Å². The van der Waals surface area contributed by atoms with E-state index in [1.165, 1.54) is 0 Å². The minimum Gasteiger partial charge on any atom is -0.382 e. The number of aryl methyl sites for hydroxylation is 1. The first-order valence-corrected chi connectivity index (χ1v) is 13.4. The molecule has 1 unspecified atom stereocenters. The van der Waals surface area contributed by atoms with Crippen LogP contribution in [0.2, 0.25) is 5.02 Å². The van der Waals surface area contributed by atoms with Crippen molar-refractivity contribution >= 4 is 46.1 Å². The van der Waals surface area contributed by atoms with Crippen LogP contribution in [0.15, 0.2) is 118 Å². The molecule has 1 aliphatic heterocycles. The van der Waals surface area contributed by atoms with Crippen molar-refractivity contribution in [2.24, 2.45) is 15.2 Å². The van der Waals surface area contributed by atoms with Crippen molar-refractivity contribution < 1.29 is 4.79 Å². The normalized spacial score (nSPS) is 15.1. The quantitative estimate of drug-likeness (QED) is 0.227. The topological polar surface area (TPSA) is 101 Å². The first-order chi connectivity index (χ1) is 19.9. The molecule has 0 bridgehead atoms. The molecule has 0 spiro atoms. The standard InChI is InChI=1S/C32H26ClN7O/c1-20-13-16-23(17-14-20)36-37-29-28(38-40(31(29)34)24-11-7-4-8-12-24)30-32(41)39(2)26-18-15-22(33)19-25(26)27(35-30)21-9-5-3-6-10-21/h3-19,30H,34H2,1-2H3. The number of likely N-dealkylation sites (N-methyl/N-ethyl adjacent to an activating group) is 1. The number of aliphatic imine (C=N–C) groups is 1. The summed E-state index contributed by atoms with van der Waals surface area (Å²) in [6, 6.07) is 31.1. The number of hydrogen-bond donors (Lipinski definition) is 1. The van der Waals surface area contributed by atoms with Gasteiger partial charge in [0, 0.05) is 23.2 Å². The van der Waals surface area contributed by atoms with Gasteiger partial charge in [0.2, 0.25) is 0 Å². The first-order valence-electron chi connectivity index (χ1n) is 13.0. The summed E-state index contributed by atoms with van der Waals surface area (Å²) in [5.41, 5.74) is 12.6. The highest BCUT2D eigenvalue weighted by atomic mass is 35.5. The van der Waals surface area contributed by atoms with Crippen LogP contribution in [0.1, 0.15) is 28.4 Å². The molecule has 1 amide bonds. The molecule has 0 radical (unpaired) electrons. The Morgan fingerprint density at radius 2 is 1.56 bits per heavy atom. The summed E-state index contributed by atoms with van der Waals surface area (Å²) in [6.07, 6.45) is 0. The second kappa shape index (κ2) is 10.8. The predicted molar refractivity (Wildman–Crippen MR) is 163 cm³/mol. The molecule has 1 aliphatic rings. The van der Waals surface area contributed by atoms with Crippen LogP contribution in [-0.2, 0) is 4.79 Å². The van der Waals surface area contributed by atoms with E-state index in [1.54, 1.807) is 22.7 Å². The number of para-hydroxylation sites is 1. The second-order valence-corrected chi connectivity index (χ2v) is 10.1. The van der Waals surface area contributed by atoms with E-state index in [2.05, 4.69) is 10.2 Å².